The predicted molar refractivity (Wildman–Crippen MR) is 66.5 cm³/mol. The van der Waals surface area contributed by atoms with E-state index >= 15 is 0 Å². The number of hydrogen-bond donors (Lipinski definition) is 1. The van der Waals surface area contributed by atoms with E-state index in [1.807, 2.05) is 0 Å². The average Bonchev–Trinajstić information content (AvgIpc) is 3.16. The molecule has 1 aromatic rings. The highest BCUT2D eigenvalue weighted by molar-refractivity contribution is 5.78. The molecule has 2 rings (SSSR count). The van der Waals surface area contributed by atoms with E-state index < -0.39 is 6.04 Å². The van der Waals surface area contributed by atoms with Gasteiger partial charge in [0.1, 0.15) is 6.04 Å². The Bertz CT molecular complexity index is 494. The van der Waals surface area contributed by atoms with E-state index in [0.717, 1.165) is 12.8 Å². The summed E-state index contributed by atoms with van der Waals surface area (Å²) in [5.74, 6) is -0.189. The van der Waals surface area contributed by atoms with Crippen molar-refractivity contribution in [2.75, 3.05) is 11.9 Å². The van der Waals surface area contributed by atoms with Crippen molar-refractivity contribution in [3.63, 3.8) is 0 Å². The van der Waals surface area contributed by atoms with Crippen molar-refractivity contribution >= 4 is 11.8 Å². The summed E-state index contributed by atoms with van der Waals surface area (Å²) in [7, 11) is 0. The summed E-state index contributed by atoms with van der Waals surface area (Å²) in [5.41, 5.74) is -0.184. The zero-order valence-corrected chi connectivity index (χ0v) is 10.5. The number of ether oxygens (including phenoxy) is 1. The lowest BCUT2D eigenvalue weighted by molar-refractivity contribution is -0.143. The normalized spacial score (nSPS) is 16.1. The van der Waals surface area contributed by atoms with Crippen LogP contribution < -0.4 is 10.9 Å². The molecule has 1 unspecified atom stereocenters. The van der Waals surface area contributed by atoms with Crippen LogP contribution in [0, 0.1) is 0 Å². The minimum absolute atomic E-state index is 0.184. The molecular weight excluding hydrogens is 234 g/mol. The van der Waals surface area contributed by atoms with Gasteiger partial charge in [0.15, 0.2) is 5.82 Å². The van der Waals surface area contributed by atoms with Crippen molar-refractivity contribution in [2.24, 2.45) is 0 Å². The summed E-state index contributed by atoms with van der Waals surface area (Å²) in [4.78, 5) is 27.5. The third-order valence-corrected chi connectivity index (χ3v) is 2.80. The highest BCUT2D eigenvalue weighted by Crippen LogP contribution is 2.33. The second kappa shape index (κ2) is 5.20. The Morgan fingerprint density at radius 3 is 3.00 bits per heavy atom. The summed E-state index contributed by atoms with van der Waals surface area (Å²) < 4.78 is 6.53. The largest absolute Gasteiger partial charge is 0.464 e. The Balaban J connectivity index is 2.11. The Morgan fingerprint density at radius 1 is 1.67 bits per heavy atom. The van der Waals surface area contributed by atoms with Gasteiger partial charge in [0.2, 0.25) is 0 Å². The number of rotatable bonds is 5. The fourth-order valence-electron chi connectivity index (χ4n) is 1.70. The minimum atomic E-state index is -0.583. The van der Waals surface area contributed by atoms with E-state index in [2.05, 4.69) is 10.3 Å². The lowest BCUT2D eigenvalue weighted by atomic mass is 10.3. The summed E-state index contributed by atoms with van der Waals surface area (Å²) in [6.45, 7) is 3.71. The zero-order chi connectivity index (χ0) is 13.1. The van der Waals surface area contributed by atoms with Crippen molar-refractivity contribution < 1.29 is 9.53 Å². The lowest BCUT2D eigenvalue weighted by Gasteiger charge is -2.13. The highest BCUT2D eigenvalue weighted by atomic mass is 16.5. The van der Waals surface area contributed by atoms with Gasteiger partial charge in [-0.2, -0.15) is 0 Å². The monoisotopic (exact) mass is 251 g/mol. The Labute approximate surface area is 105 Å². The smallest absolute Gasteiger partial charge is 0.328 e. The Morgan fingerprint density at radius 2 is 2.39 bits per heavy atom. The van der Waals surface area contributed by atoms with Crippen LogP contribution >= 0.6 is 0 Å². The van der Waals surface area contributed by atoms with E-state index in [-0.39, 0.29) is 17.3 Å². The van der Waals surface area contributed by atoms with Crippen LogP contribution in [0.3, 0.4) is 0 Å². The number of nitrogens with zero attached hydrogens (tertiary/aromatic N) is 2. The fourth-order valence-corrected chi connectivity index (χ4v) is 1.70. The van der Waals surface area contributed by atoms with E-state index in [9.17, 15) is 9.59 Å². The van der Waals surface area contributed by atoms with Crippen LogP contribution in [0.4, 0.5) is 5.82 Å². The molecule has 0 bridgehead atoms. The lowest BCUT2D eigenvalue weighted by Crippen LogP contribution is -2.33. The molecule has 1 aliphatic carbocycles. The molecule has 1 aliphatic rings. The first-order valence-corrected chi connectivity index (χ1v) is 6.13. The molecule has 0 aliphatic heterocycles. The van der Waals surface area contributed by atoms with Gasteiger partial charge in [0, 0.05) is 18.4 Å². The number of nitrogens with one attached hydrogen (secondary N) is 1. The molecule has 18 heavy (non-hydrogen) atoms. The molecule has 1 atom stereocenters. The topological polar surface area (TPSA) is 73.2 Å². The molecule has 6 nitrogen and oxygen atoms in total. The first-order chi connectivity index (χ1) is 8.63. The van der Waals surface area contributed by atoms with Crippen LogP contribution in [0.15, 0.2) is 17.2 Å². The van der Waals surface area contributed by atoms with Gasteiger partial charge in [0.25, 0.3) is 5.56 Å². The summed E-state index contributed by atoms with van der Waals surface area (Å²) in [6.07, 6.45) is 5.30. The first kappa shape index (κ1) is 12.6. The number of anilines is 1. The van der Waals surface area contributed by atoms with Gasteiger partial charge < -0.3 is 14.6 Å². The maximum Gasteiger partial charge on any atom is 0.328 e. The maximum atomic E-state index is 12.1. The van der Waals surface area contributed by atoms with Gasteiger partial charge in [-0.05, 0) is 26.7 Å². The van der Waals surface area contributed by atoms with Gasteiger partial charge >= 0.3 is 5.97 Å². The average molecular weight is 251 g/mol. The molecule has 0 aromatic carbocycles. The molecule has 1 fully saturated rings. The second-order valence-corrected chi connectivity index (χ2v) is 4.34. The third-order valence-electron chi connectivity index (χ3n) is 2.80. The molecule has 1 heterocycles. The van der Waals surface area contributed by atoms with Crippen LogP contribution in [0.5, 0.6) is 0 Å². The van der Waals surface area contributed by atoms with Gasteiger partial charge in [-0.1, -0.05) is 0 Å². The number of esters is 1. The van der Waals surface area contributed by atoms with Gasteiger partial charge in [0.05, 0.1) is 6.61 Å². The maximum absolute atomic E-state index is 12.1. The minimum Gasteiger partial charge on any atom is -0.464 e. The van der Waals surface area contributed by atoms with Crippen LogP contribution in [-0.2, 0) is 9.53 Å². The van der Waals surface area contributed by atoms with Crippen molar-refractivity contribution in [1.82, 2.24) is 9.55 Å². The van der Waals surface area contributed by atoms with Gasteiger partial charge in [-0.15, -0.1) is 0 Å². The molecule has 1 aromatic heterocycles. The molecule has 0 saturated heterocycles. The number of hydrogen-bond acceptors (Lipinski definition) is 5. The number of aromatic nitrogens is 2. The molecule has 6 heteroatoms. The van der Waals surface area contributed by atoms with Crippen molar-refractivity contribution in [1.29, 1.82) is 0 Å². The molecule has 0 radical (unpaired) electrons. The second-order valence-electron chi connectivity index (χ2n) is 4.34. The van der Waals surface area contributed by atoms with Crippen LogP contribution in [-0.4, -0.2) is 28.2 Å². The standard InChI is InChI=1S/C12H17N3O3/c1-3-18-12(17)8(2)14-10-11(16)15(7-6-13-10)9-4-5-9/h6-9H,3-5H2,1-2H3,(H,13,14). The van der Waals surface area contributed by atoms with Crippen molar-refractivity contribution in [3.8, 4) is 0 Å². The van der Waals surface area contributed by atoms with Crippen molar-refractivity contribution in [2.45, 2.75) is 38.8 Å². The molecule has 0 spiro atoms. The fraction of sp³-hybridized carbons (Fsp3) is 0.583. The Hall–Kier alpha value is -1.85. The number of carbonyl (C=O) groups excluding carboxylic acids is 1. The molecule has 0 amide bonds. The highest BCUT2D eigenvalue weighted by Gasteiger charge is 2.26. The van der Waals surface area contributed by atoms with Crippen LogP contribution in [0.2, 0.25) is 0 Å². The summed E-state index contributed by atoms with van der Waals surface area (Å²) in [6, 6.07) is -0.292. The zero-order valence-electron chi connectivity index (χ0n) is 10.5. The van der Waals surface area contributed by atoms with Gasteiger partial charge in [-0.3, -0.25) is 4.79 Å². The quantitative estimate of drug-likeness (QED) is 0.788. The van der Waals surface area contributed by atoms with Crippen LogP contribution in [0.25, 0.3) is 0 Å². The molecule has 1 saturated carbocycles. The van der Waals surface area contributed by atoms with E-state index in [0.29, 0.717) is 12.6 Å². The SMILES string of the molecule is CCOC(=O)C(C)Nc1nccn(C2CC2)c1=O. The number of carbonyl (C=O) groups is 1. The van der Waals surface area contributed by atoms with E-state index in [4.69, 9.17) is 4.74 Å². The van der Waals surface area contributed by atoms with Crippen molar-refractivity contribution in [3.05, 3.63) is 22.7 Å². The Kier molecular flexibility index (Phi) is 3.64. The summed E-state index contributed by atoms with van der Waals surface area (Å²) >= 11 is 0. The van der Waals surface area contributed by atoms with Crippen LogP contribution in [0.1, 0.15) is 32.7 Å². The van der Waals surface area contributed by atoms with E-state index in [1.165, 1.54) is 0 Å². The molecule has 1 N–H and O–H groups in total. The molecular formula is C12H17N3O3. The first-order valence-electron chi connectivity index (χ1n) is 6.13. The van der Waals surface area contributed by atoms with E-state index in [1.54, 1.807) is 30.8 Å². The van der Waals surface area contributed by atoms with Gasteiger partial charge in [-0.25, -0.2) is 9.78 Å². The predicted octanol–water partition coefficient (Wildman–Crippen LogP) is 0.942. The summed E-state index contributed by atoms with van der Waals surface area (Å²) in [5, 5.41) is 2.80. The third kappa shape index (κ3) is 2.69. The molecule has 98 valence electrons.